The molecule has 0 aromatic heterocycles. The van der Waals surface area contributed by atoms with E-state index in [1.165, 1.54) is 12.1 Å². The number of rotatable bonds is 4. The van der Waals surface area contributed by atoms with Crippen LogP contribution >= 0.6 is 11.6 Å². The van der Waals surface area contributed by atoms with Gasteiger partial charge in [0.25, 0.3) is 5.91 Å². The van der Waals surface area contributed by atoms with E-state index in [4.69, 9.17) is 21.1 Å². The Morgan fingerprint density at radius 2 is 2.35 bits per heavy atom. The van der Waals surface area contributed by atoms with Gasteiger partial charge in [-0.05, 0) is 18.2 Å². The summed E-state index contributed by atoms with van der Waals surface area (Å²) in [5, 5.41) is 2.85. The fourth-order valence-corrected chi connectivity index (χ4v) is 1.55. The molecule has 0 spiro atoms. The molecule has 2 rings (SSSR count). The average molecular weight is 260 g/mol. The Hall–Kier alpha value is -1.33. The van der Waals surface area contributed by atoms with E-state index in [2.05, 4.69) is 5.32 Å². The van der Waals surface area contributed by atoms with Crippen LogP contribution in [0.5, 0.6) is 5.75 Å². The molecule has 0 bridgehead atoms. The van der Waals surface area contributed by atoms with Gasteiger partial charge in [0, 0.05) is 0 Å². The summed E-state index contributed by atoms with van der Waals surface area (Å²) in [6.45, 7) is 0.911. The first kappa shape index (κ1) is 12.1. The summed E-state index contributed by atoms with van der Waals surface area (Å²) in [7, 11) is 0. The van der Waals surface area contributed by atoms with Crippen molar-refractivity contribution in [3.8, 4) is 5.75 Å². The molecule has 0 saturated carbocycles. The molecule has 0 radical (unpaired) electrons. The molecular formula is C11H11ClFNO3. The standard InChI is InChI=1S/C11H11ClFNO3/c12-9-3-7(13)1-2-10(9)17-6-11(15)14-8-4-16-5-8/h1-3,8H,4-6H2,(H,14,15). The first-order valence-corrected chi connectivity index (χ1v) is 5.48. The van der Waals surface area contributed by atoms with E-state index in [1.54, 1.807) is 0 Å². The van der Waals surface area contributed by atoms with Gasteiger partial charge in [-0.2, -0.15) is 0 Å². The highest BCUT2D eigenvalue weighted by molar-refractivity contribution is 6.32. The Balaban J connectivity index is 1.82. The lowest BCUT2D eigenvalue weighted by atomic mass is 10.2. The van der Waals surface area contributed by atoms with Crippen LogP contribution in [0.2, 0.25) is 5.02 Å². The third kappa shape index (κ3) is 3.31. The number of hydrogen-bond donors (Lipinski definition) is 1. The van der Waals surface area contributed by atoms with Crippen molar-refractivity contribution >= 4 is 17.5 Å². The van der Waals surface area contributed by atoms with E-state index >= 15 is 0 Å². The number of benzene rings is 1. The van der Waals surface area contributed by atoms with Crippen LogP contribution in [-0.4, -0.2) is 31.8 Å². The van der Waals surface area contributed by atoms with Gasteiger partial charge in [-0.25, -0.2) is 4.39 Å². The highest BCUT2D eigenvalue weighted by Gasteiger charge is 2.20. The highest BCUT2D eigenvalue weighted by atomic mass is 35.5. The summed E-state index contributed by atoms with van der Waals surface area (Å²) in [5.41, 5.74) is 0. The summed E-state index contributed by atoms with van der Waals surface area (Å²) >= 11 is 5.74. The lowest BCUT2D eigenvalue weighted by Crippen LogP contribution is -2.49. The Morgan fingerprint density at radius 1 is 1.59 bits per heavy atom. The molecule has 1 saturated heterocycles. The largest absolute Gasteiger partial charge is 0.482 e. The predicted octanol–water partition coefficient (Wildman–Crippen LogP) is 1.37. The van der Waals surface area contributed by atoms with Crippen molar-refractivity contribution in [2.45, 2.75) is 6.04 Å². The Bertz CT molecular complexity index is 423. The Morgan fingerprint density at radius 3 is 2.94 bits per heavy atom. The first-order valence-electron chi connectivity index (χ1n) is 5.10. The number of nitrogens with one attached hydrogen (secondary N) is 1. The minimum absolute atomic E-state index is 0.0646. The van der Waals surface area contributed by atoms with Crippen LogP contribution in [0.1, 0.15) is 0 Å². The van der Waals surface area contributed by atoms with Crippen LogP contribution in [0.4, 0.5) is 4.39 Å². The number of carbonyl (C=O) groups excluding carboxylic acids is 1. The van der Waals surface area contributed by atoms with Crippen LogP contribution in [0.15, 0.2) is 18.2 Å². The van der Waals surface area contributed by atoms with E-state index < -0.39 is 5.82 Å². The van der Waals surface area contributed by atoms with Crippen LogP contribution in [0.3, 0.4) is 0 Å². The second-order valence-corrected chi connectivity index (χ2v) is 4.07. The summed E-state index contributed by atoms with van der Waals surface area (Å²) in [4.78, 5) is 11.4. The number of amides is 1. The van der Waals surface area contributed by atoms with Crippen LogP contribution < -0.4 is 10.1 Å². The van der Waals surface area contributed by atoms with E-state index in [9.17, 15) is 9.18 Å². The second kappa shape index (κ2) is 5.33. The lowest BCUT2D eigenvalue weighted by molar-refractivity contribution is -0.127. The SMILES string of the molecule is O=C(COc1ccc(F)cc1Cl)NC1COC1. The molecule has 1 amide bonds. The molecule has 1 aliphatic heterocycles. The summed E-state index contributed by atoms with van der Waals surface area (Å²) in [5.74, 6) is -0.412. The summed E-state index contributed by atoms with van der Waals surface area (Å²) in [6, 6.07) is 3.81. The monoisotopic (exact) mass is 259 g/mol. The van der Waals surface area contributed by atoms with Gasteiger partial charge in [-0.15, -0.1) is 0 Å². The third-order valence-electron chi connectivity index (χ3n) is 2.26. The van der Waals surface area contributed by atoms with Crippen molar-refractivity contribution < 1.29 is 18.7 Å². The van der Waals surface area contributed by atoms with Gasteiger partial charge < -0.3 is 14.8 Å². The van der Waals surface area contributed by atoms with Crippen molar-refractivity contribution in [1.29, 1.82) is 0 Å². The number of ether oxygens (including phenoxy) is 2. The number of hydrogen-bond acceptors (Lipinski definition) is 3. The van der Waals surface area contributed by atoms with E-state index in [-0.39, 0.29) is 29.3 Å². The van der Waals surface area contributed by atoms with Gasteiger partial charge in [0.2, 0.25) is 0 Å². The molecule has 92 valence electrons. The summed E-state index contributed by atoms with van der Waals surface area (Å²) < 4.78 is 22.8. The molecular weight excluding hydrogens is 249 g/mol. The molecule has 1 aromatic carbocycles. The molecule has 1 N–H and O–H groups in total. The van der Waals surface area contributed by atoms with Gasteiger partial charge >= 0.3 is 0 Å². The molecule has 0 unspecified atom stereocenters. The first-order chi connectivity index (χ1) is 8.15. The summed E-state index contributed by atoms with van der Waals surface area (Å²) in [6.07, 6.45) is 0. The Labute approximate surface area is 103 Å². The normalized spacial score (nSPS) is 15.2. The number of carbonyl (C=O) groups is 1. The highest BCUT2D eigenvalue weighted by Crippen LogP contribution is 2.24. The molecule has 1 fully saturated rings. The van der Waals surface area contributed by atoms with Crippen LogP contribution in [-0.2, 0) is 9.53 Å². The quantitative estimate of drug-likeness (QED) is 0.889. The molecule has 6 heteroatoms. The molecule has 0 aliphatic carbocycles. The van der Waals surface area contributed by atoms with E-state index in [0.717, 1.165) is 6.07 Å². The van der Waals surface area contributed by atoms with Gasteiger partial charge in [0.1, 0.15) is 11.6 Å². The van der Waals surface area contributed by atoms with Crippen molar-refractivity contribution in [3.63, 3.8) is 0 Å². The molecule has 0 atom stereocenters. The van der Waals surface area contributed by atoms with Gasteiger partial charge in [0.15, 0.2) is 6.61 Å². The van der Waals surface area contributed by atoms with Gasteiger partial charge in [-0.3, -0.25) is 4.79 Å². The Kier molecular flexibility index (Phi) is 3.81. The van der Waals surface area contributed by atoms with Crippen LogP contribution in [0, 0.1) is 5.82 Å². The zero-order chi connectivity index (χ0) is 12.3. The molecule has 17 heavy (non-hydrogen) atoms. The second-order valence-electron chi connectivity index (χ2n) is 3.67. The minimum Gasteiger partial charge on any atom is -0.482 e. The zero-order valence-electron chi connectivity index (χ0n) is 8.91. The minimum atomic E-state index is -0.446. The van der Waals surface area contributed by atoms with Crippen LogP contribution in [0.25, 0.3) is 0 Å². The third-order valence-corrected chi connectivity index (χ3v) is 2.55. The van der Waals surface area contributed by atoms with Gasteiger partial charge in [0.05, 0.1) is 24.3 Å². The average Bonchev–Trinajstić information content (AvgIpc) is 2.22. The van der Waals surface area contributed by atoms with Crippen molar-refractivity contribution in [2.75, 3.05) is 19.8 Å². The smallest absolute Gasteiger partial charge is 0.258 e. The number of halogens is 2. The van der Waals surface area contributed by atoms with Crippen molar-refractivity contribution in [3.05, 3.63) is 29.0 Å². The fourth-order valence-electron chi connectivity index (χ4n) is 1.32. The molecule has 1 aliphatic rings. The molecule has 1 heterocycles. The topological polar surface area (TPSA) is 47.6 Å². The maximum Gasteiger partial charge on any atom is 0.258 e. The van der Waals surface area contributed by atoms with E-state index in [1.807, 2.05) is 0 Å². The van der Waals surface area contributed by atoms with Crippen molar-refractivity contribution in [2.24, 2.45) is 0 Å². The van der Waals surface area contributed by atoms with Gasteiger partial charge in [-0.1, -0.05) is 11.6 Å². The fraction of sp³-hybridized carbons (Fsp3) is 0.364. The maximum atomic E-state index is 12.7. The predicted molar refractivity (Wildman–Crippen MR) is 59.7 cm³/mol. The van der Waals surface area contributed by atoms with Crippen molar-refractivity contribution in [1.82, 2.24) is 5.32 Å². The molecule has 1 aromatic rings. The lowest BCUT2D eigenvalue weighted by Gasteiger charge is -2.26. The zero-order valence-corrected chi connectivity index (χ0v) is 9.67. The molecule has 4 nitrogen and oxygen atoms in total. The van der Waals surface area contributed by atoms with E-state index in [0.29, 0.717) is 13.2 Å². The maximum absolute atomic E-state index is 12.7.